The number of benzene rings is 2. The van der Waals surface area contributed by atoms with Crippen molar-refractivity contribution >= 4 is 34.0 Å². The second kappa shape index (κ2) is 6.58. The second-order valence-corrected chi connectivity index (χ2v) is 7.36. The maximum Gasteiger partial charge on any atom is 0.230 e. The highest BCUT2D eigenvalue weighted by atomic mass is 35.5. The van der Waals surface area contributed by atoms with E-state index in [1.165, 1.54) is 29.0 Å². The molecule has 1 aromatic heterocycles. The molecule has 3 aromatic rings. The van der Waals surface area contributed by atoms with Crippen LogP contribution in [0.5, 0.6) is 0 Å². The van der Waals surface area contributed by atoms with E-state index in [1.807, 2.05) is 12.1 Å². The summed E-state index contributed by atoms with van der Waals surface area (Å²) >= 11 is 7.46. The minimum atomic E-state index is -0.477. The van der Waals surface area contributed by atoms with Gasteiger partial charge in [0.05, 0.1) is 12.1 Å². The first-order chi connectivity index (χ1) is 12.1. The molecule has 1 aliphatic rings. The van der Waals surface area contributed by atoms with Crippen molar-refractivity contribution in [3.05, 3.63) is 69.3 Å². The van der Waals surface area contributed by atoms with E-state index in [4.69, 9.17) is 11.6 Å². The number of nitrogens with one attached hydrogen (secondary N) is 1. The van der Waals surface area contributed by atoms with Crippen LogP contribution in [0.2, 0.25) is 5.02 Å². The van der Waals surface area contributed by atoms with E-state index in [1.54, 1.807) is 6.07 Å². The van der Waals surface area contributed by atoms with Gasteiger partial charge in [-0.3, -0.25) is 4.79 Å². The zero-order valence-corrected chi connectivity index (χ0v) is 14.8. The van der Waals surface area contributed by atoms with Crippen LogP contribution in [0.1, 0.15) is 16.0 Å². The van der Waals surface area contributed by atoms with Gasteiger partial charge >= 0.3 is 0 Å². The molecule has 0 bridgehead atoms. The summed E-state index contributed by atoms with van der Waals surface area (Å²) in [5, 5.41) is 3.57. The molecule has 0 saturated heterocycles. The fourth-order valence-corrected chi connectivity index (χ4v) is 4.25. The highest BCUT2D eigenvalue weighted by Gasteiger charge is 2.21. The van der Waals surface area contributed by atoms with Crippen LogP contribution in [-0.2, 0) is 24.1 Å². The van der Waals surface area contributed by atoms with E-state index in [2.05, 4.69) is 22.4 Å². The summed E-state index contributed by atoms with van der Waals surface area (Å²) in [6.45, 7) is 0. The highest BCUT2D eigenvalue weighted by Crippen LogP contribution is 2.38. The van der Waals surface area contributed by atoms with Gasteiger partial charge < -0.3 is 5.32 Å². The molecule has 3 nitrogen and oxygen atoms in total. The number of halogens is 2. The molecule has 6 heteroatoms. The Kier molecular flexibility index (Phi) is 4.27. The molecule has 1 amide bonds. The largest absolute Gasteiger partial charge is 0.302 e. The van der Waals surface area contributed by atoms with Gasteiger partial charge in [0.25, 0.3) is 0 Å². The van der Waals surface area contributed by atoms with Crippen molar-refractivity contribution in [1.29, 1.82) is 0 Å². The van der Waals surface area contributed by atoms with E-state index in [-0.39, 0.29) is 22.9 Å². The number of hydrogen-bond donors (Lipinski definition) is 1. The lowest BCUT2D eigenvalue weighted by Crippen LogP contribution is -2.15. The van der Waals surface area contributed by atoms with Gasteiger partial charge in [0, 0.05) is 21.0 Å². The Labute approximate surface area is 153 Å². The Morgan fingerprint density at radius 1 is 1.20 bits per heavy atom. The third-order valence-electron chi connectivity index (χ3n) is 4.24. The molecule has 1 N–H and O–H groups in total. The van der Waals surface area contributed by atoms with Gasteiger partial charge in [0.15, 0.2) is 5.13 Å². The van der Waals surface area contributed by atoms with E-state index in [9.17, 15) is 9.18 Å². The molecular weight excluding hydrogens is 359 g/mol. The molecule has 1 aliphatic carbocycles. The van der Waals surface area contributed by atoms with Crippen LogP contribution in [0.3, 0.4) is 0 Å². The molecule has 0 saturated carbocycles. The van der Waals surface area contributed by atoms with Crippen LogP contribution in [-0.4, -0.2) is 10.9 Å². The molecule has 1 heterocycles. The summed E-state index contributed by atoms with van der Waals surface area (Å²) in [5.74, 6) is -0.804. The molecule has 0 atom stereocenters. The van der Waals surface area contributed by atoms with E-state index < -0.39 is 5.82 Å². The summed E-state index contributed by atoms with van der Waals surface area (Å²) in [5.41, 5.74) is 3.54. The van der Waals surface area contributed by atoms with Gasteiger partial charge in [-0.15, -0.1) is 11.3 Å². The lowest BCUT2D eigenvalue weighted by atomic mass is 9.94. The van der Waals surface area contributed by atoms with Crippen LogP contribution < -0.4 is 5.32 Å². The number of anilines is 1. The number of aromatic nitrogens is 1. The zero-order chi connectivity index (χ0) is 17.4. The van der Waals surface area contributed by atoms with Gasteiger partial charge in [-0.2, -0.15) is 0 Å². The van der Waals surface area contributed by atoms with Gasteiger partial charge in [0.1, 0.15) is 5.82 Å². The summed E-state index contributed by atoms with van der Waals surface area (Å²) in [6, 6.07) is 12.6. The first kappa shape index (κ1) is 16.2. The Morgan fingerprint density at radius 3 is 2.88 bits per heavy atom. The maximum atomic E-state index is 13.8. The lowest BCUT2D eigenvalue weighted by Gasteiger charge is -2.13. The van der Waals surface area contributed by atoms with Crippen LogP contribution in [0, 0.1) is 5.82 Å². The van der Waals surface area contributed by atoms with E-state index >= 15 is 0 Å². The number of carbonyl (C=O) groups excluding carboxylic acids is 1. The number of fused-ring (bicyclic) bond motifs is 3. The van der Waals surface area contributed by atoms with Crippen LogP contribution in [0.15, 0.2) is 42.5 Å². The summed E-state index contributed by atoms with van der Waals surface area (Å²) in [6.07, 6.45) is 1.77. The van der Waals surface area contributed by atoms with Crippen molar-refractivity contribution in [2.45, 2.75) is 19.3 Å². The van der Waals surface area contributed by atoms with Crippen molar-refractivity contribution < 1.29 is 9.18 Å². The fourth-order valence-electron chi connectivity index (χ4n) is 3.03. The molecule has 4 rings (SSSR count). The third kappa shape index (κ3) is 3.17. The highest BCUT2D eigenvalue weighted by molar-refractivity contribution is 7.16. The molecule has 126 valence electrons. The molecular formula is C19H14ClFN2OS. The van der Waals surface area contributed by atoms with Gasteiger partial charge in [-0.25, -0.2) is 9.37 Å². The van der Waals surface area contributed by atoms with Crippen molar-refractivity contribution in [3.8, 4) is 11.3 Å². The van der Waals surface area contributed by atoms with Gasteiger partial charge in [-0.05, 0) is 30.5 Å². The average molecular weight is 373 g/mol. The Morgan fingerprint density at radius 2 is 2.04 bits per heavy atom. The average Bonchev–Trinajstić information content (AvgIpc) is 3.01. The van der Waals surface area contributed by atoms with Crippen molar-refractivity contribution in [2.24, 2.45) is 0 Å². The monoisotopic (exact) mass is 372 g/mol. The first-order valence-corrected chi connectivity index (χ1v) is 9.12. The number of rotatable bonds is 3. The number of carbonyl (C=O) groups is 1. The predicted molar refractivity (Wildman–Crippen MR) is 98.7 cm³/mol. The van der Waals surface area contributed by atoms with Crippen molar-refractivity contribution in [3.63, 3.8) is 0 Å². The minimum absolute atomic E-state index is 0.119. The number of nitrogens with zero attached hydrogens (tertiary/aromatic N) is 1. The molecule has 0 spiro atoms. The standard InChI is InChI=1S/C19H14ClFN2OS/c20-14-6-3-7-15(21)13(14)10-17(24)22-19-23-18-12-5-2-1-4-11(12)8-9-16(18)25-19/h1-7H,8-10H2,(H,22,23,24). The third-order valence-corrected chi connectivity index (χ3v) is 5.62. The van der Waals surface area contributed by atoms with Gasteiger partial charge in [-0.1, -0.05) is 41.9 Å². The summed E-state index contributed by atoms with van der Waals surface area (Å²) < 4.78 is 13.8. The number of hydrogen-bond acceptors (Lipinski definition) is 3. The molecule has 2 aromatic carbocycles. The molecule has 25 heavy (non-hydrogen) atoms. The molecule has 0 unspecified atom stereocenters. The Bertz CT molecular complexity index is 950. The van der Waals surface area contributed by atoms with Crippen LogP contribution in [0.4, 0.5) is 9.52 Å². The maximum absolute atomic E-state index is 13.8. The Hall–Kier alpha value is -2.24. The predicted octanol–water partition coefficient (Wildman–Crippen LogP) is 4.88. The van der Waals surface area contributed by atoms with Crippen molar-refractivity contribution in [2.75, 3.05) is 5.32 Å². The molecule has 0 fully saturated rings. The molecule has 0 aliphatic heterocycles. The van der Waals surface area contributed by atoms with Gasteiger partial charge in [0.2, 0.25) is 5.91 Å². The molecule has 0 radical (unpaired) electrons. The van der Waals surface area contributed by atoms with Crippen LogP contribution >= 0.6 is 22.9 Å². The topological polar surface area (TPSA) is 42.0 Å². The SMILES string of the molecule is O=C(Cc1c(F)cccc1Cl)Nc1nc2c(s1)CCc1ccccc1-2. The second-order valence-electron chi connectivity index (χ2n) is 5.87. The Balaban J connectivity index is 1.55. The lowest BCUT2D eigenvalue weighted by molar-refractivity contribution is -0.115. The number of amides is 1. The number of thiazole rings is 1. The van der Waals surface area contributed by atoms with E-state index in [0.29, 0.717) is 5.13 Å². The fraction of sp³-hybridized carbons (Fsp3) is 0.158. The normalized spacial score (nSPS) is 12.4. The quantitative estimate of drug-likeness (QED) is 0.711. The summed E-state index contributed by atoms with van der Waals surface area (Å²) in [7, 11) is 0. The van der Waals surface area contributed by atoms with Crippen LogP contribution in [0.25, 0.3) is 11.3 Å². The zero-order valence-electron chi connectivity index (χ0n) is 13.2. The van der Waals surface area contributed by atoms with E-state index in [0.717, 1.165) is 29.0 Å². The number of aryl methyl sites for hydroxylation is 2. The first-order valence-electron chi connectivity index (χ1n) is 7.92. The minimum Gasteiger partial charge on any atom is -0.302 e. The summed E-state index contributed by atoms with van der Waals surface area (Å²) in [4.78, 5) is 18.0. The smallest absolute Gasteiger partial charge is 0.230 e. The van der Waals surface area contributed by atoms with Crippen molar-refractivity contribution in [1.82, 2.24) is 4.98 Å².